The second-order valence-electron chi connectivity index (χ2n) is 5.61. The number of hydrogen-bond acceptors (Lipinski definition) is 2. The lowest BCUT2D eigenvalue weighted by Crippen LogP contribution is -2.27. The highest BCUT2D eigenvalue weighted by atomic mass is 16.5. The van der Waals surface area contributed by atoms with Crippen molar-refractivity contribution in [3.05, 3.63) is 29.3 Å². The van der Waals surface area contributed by atoms with Crippen molar-refractivity contribution in [1.82, 2.24) is 0 Å². The highest BCUT2D eigenvalue weighted by molar-refractivity contribution is 5.93. The number of nitrogens with one attached hydrogen (secondary N) is 1. The minimum absolute atomic E-state index is 0.0880. The van der Waals surface area contributed by atoms with Crippen LogP contribution >= 0.6 is 0 Å². The smallest absolute Gasteiger partial charge is 0.250 e. The summed E-state index contributed by atoms with van der Waals surface area (Å²) in [5, 5.41) is 2.99. The molecule has 1 aromatic carbocycles. The van der Waals surface area contributed by atoms with Crippen LogP contribution in [-0.2, 0) is 22.4 Å². The van der Waals surface area contributed by atoms with E-state index < -0.39 is 0 Å². The molecule has 0 radical (unpaired) electrons. The maximum atomic E-state index is 12.0. The Kier molecular flexibility index (Phi) is 5.55. The van der Waals surface area contributed by atoms with Gasteiger partial charge in [-0.1, -0.05) is 32.0 Å². The van der Waals surface area contributed by atoms with Gasteiger partial charge in [0.2, 0.25) is 5.91 Å². The van der Waals surface area contributed by atoms with Crippen molar-refractivity contribution in [2.24, 2.45) is 0 Å². The van der Waals surface area contributed by atoms with Crippen LogP contribution in [0.4, 0.5) is 5.69 Å². The van der Waals surface area contributed by atoms with E-state index in [2.05, 4.69) is 31.3 Å². The van der Waals surface area contributed by atoms with Gasteiger partial charge in [-0.2, -0.15) is 0 Å². The minimum atomic E-state index is -0.296. The van der Waals surface area contributed by atoms with Crippen molar-refractivity contribution in [1.29, 1.82) is 0 Å². The second-order valence-corrected chi connectivity index (χ2v) is 5.61. The van der Waals surface area contributed by atoms with Gasteiger partial charge in [0.15, 0.2) is 0 Å². The van der Waals surface area contributed by atoms with E-state index in [1.54, 1.807) is 0 Å². The first-order chi connectivity index (χ1) is 8.87. The first-order valence-electron chi connectivity index (χ1n) is 6.92. The molecule has 1 aromatic rings. The summed E-state index contributed by atoms with van der Waals surface area (Å²) in [6, 6.07) is 6.15. The Morgan fingerprint density at radius 2 is 1.68 bits per heavy atom. The lowest BCUT2D eigenvalue weighted by atomic mass is 10.0. The van der Waals surface area contributed by atoms with E-state index in [0.29, 0.717) is 0 Å². The Balaban J connectivity index is 2.78. The zero-order valence-corrected chi connectivity index (χ0v) is 12.7. The number of anilines is 1. The molecule has 0 unspecified atom stereocenters. The molecular formula is C16H25NO2. The van der Waals surface area contributed by atoms with Crippen LogP contribution in [0.5, 0.6) is 0 Å². The number of carbonyl (C=O) groups is 1. The van der Waals surface area contributed by atoms with Crippen LogP contribution in [0.2, 0.25) is 0 Å². The van der Waals surface area contributed by atoms with Gasteiger partial charge in [0.05, 0.1) is 5.60 Å². The number of para-hydroxylation sites is 1. The van der Waals surface area contributed by atoms with Crippen molar-refractivity contribution < 1.29 is 9.53 Å². The van der Waals surface area contributed by atoms with Crippen molar-refractivity contribution in [3.8, 4) is 0 Å². The van der Waals surface area contributed by atoms with E-state index in [1.807, 2.05) is 26.8 Å². The predicted octanol–water partition coefficient (Wildman–Crippen LogP) is 3.57. The van der Waals surface area contributed by atoms with Crippen LogP contribution in [-0.4, -0.2) is 18.1 Å². The minimum Gasteiger partial charge on any atom is -0.366 e. The summed E-state index contributed by atoms with van der Waals surface area (Å²) in [6.45, 7) is 10.1. The first kappa shape index (κ1) is 15.7. The average molecular weight is 263 g/mol. The van der Waals surface area contributed by atoms with Crippen LogP contribution in [0.1, 0.15) is 45.7 Å². The van der Waals surface area contributed by atoms with Gasteiger partial charge < -0.3 is 10.1 Å². The number of ether oxygens (including phenoxy) is 1. The van der Waals surface area contributed by atoms with Gasteiger partial charge in [0.1, 0.15) is 6.61 Å². The summed E-state index contributed by atoms with van der Waals surface area (Å²) in [5.74, 6) is -0.0921. The van der Waals surface area contributed by atoms with Crippen LogP contribution < -0.4 is 5.32 Å². The fourth-order valence-electron chi connectivity index (χ4n) is 1.86. The third kappa shape index (κ3) is 5.03. The fourth-order valence-corrected chi connectivity index (χ4v) is 1.86. The highest BCUT2D eigenvalue weighted by Crippen LogP contribution is 2.22. The van der Waals surface area contributed by atoms with E-state index >= 15 is 0 Å². The lowest BCUT2D eigenvalue weighted by Gasteiger charge is -2.20. The van der Waals surface area contributed by atoms with Gasteiger partial charge in [-0.05, 0) is 44.7 Å². The molecule has 19 heavy (non-hydrogen) atoms. The topological polar surface area (TPSA) is 38.3 Å². The Labute approximate surface area is 116 Å². The molecule has 0 heterocycles. The first-order valence-corrected chi connectivity index (χ1v) is 6.92. The van der Waals surface area contributed by atoms with Crippen molar-refractivity contribution in [3.63, 3.8) is 0 Å². The largest absolute Gasteiger partial charge is 0.366 e. The summed E-state index contributed by atoms with van der Waals surface area (Å²) in [5.41, 5.74) is 3.00. The molecule has 0 saturated carbocycles. The third-order valence-electron chi connectivity index (χ3n) is 2.90. The standard InChI is InChI=1S/C16H25NO2/c1-6-12-9-8-10-13(7-2)15(12)17-14(18)11-19-16(3,4)5/h8-10H,6-7,11H2,1-5H3,(H,17,18). The number of rotatable bonds is 5. The Bertz CT molecular complexity index is 411. The van der Waals surface area contributed by atoms with Gasteiger partial charge in [0.25, 0.3) is 0 Å². The Morgan fingerprint density at radius 3 is 2.11 bits per heavy atom. The van der Waals surface area contributed by atoms with Crippen LogP contribution in [0.3, 0.4) is 0 Å². The molecule has 0 aliphatic carbocycles. The molecule has 0 saturated heterocycles. The number of amides is 1. The van der Waals surface area contributed by atoms with E-state index in [9.17, 15) is 4.79 Å². The van der Waals surface area contributed by atoms with Crippen LogP contribution in [0.15, 0.2) is 18.2 Å². The van der Waals surface area contributed by atoms with Gasteiger partial charge in [0, 0.05) is 5.69 Å². The monoisotopic (exact) mass is 263 g/mol. The van der Waals surface area contributed by atoms with Gasteiger partial charge in [-0.3, -0.25) is 4.79 Å². The van der Waals surface area contributed by atoms with Crippen molar-refractivity contribution >= 4 is 11.6 Å². The summed E-state index contributed by atoms with van der Waals surface area (Å²) in [7, 11) is 0. The molecule has 3 nitrogen and oxygen atoms in total. The fraction of sp³-hybridized carbons (Fsp3) is 0.562. The van der Waals surface area contributed by atoms with Gasteiger partial charge >= 0.3 is 0 Å². The molecule has 0 atom stereocenters. The number of hydrogen-bond donors (Lipinski definition) is 1. The zero-order valence-electron chi connectivity index (χ0n) is 12.7. The molecule has 106 valence electrons. The molecule has 0 aliphatic rings. The maximum absolute atomic E-state index is 12.0. The van der Waals surface area contributed by atoms with Gasteiger partial charge in [-0.25, -0.2) is 0 Å². The number of benzene rings is 1. The van der Waals surface area contributed by atoms with E-state index in [1.165, 1.54) is 11.1 Å². The summed E-state index contributed by atoms with van der Waals surface area (Å²) < 4.78 is 5.50. The number of aryl methyl sites for hydroxylation is 2. The van der Waals surface area contributed by atoms with Crippen LogP contribution in [0.25, 0.3) is 0 Å². The second kappa shape index (κ2) is 6.71. The SMILES string of the molecule is CCc1cccc(CC)c1NC(=O)COC(C)(C)C. The van der Waals surface area contributed by atoms with Gasteiger partial charge in [-0.15, -0.1) is 0 Å². The molecule has 0 spiro atoms. The number of carbonyl (C=O) groups excluding carboxylic acids is 1. The van der Waals surface area contributed by atoms with Crippen molar-refractivity contribution in [2.75, 3.05) is 11.9 Å². The lowest BCUT2D eigenvalue weighted by molar-refractivity contribution is -0.125. The normalized spacial score (nSPS) is 11.4. The third-order valence-corrected chi connectivity index (χ3v) is 2.90. The summed E-state index contributed by atoms with van der Waals surface area (Å²) in [6.07, 6.45) is 1.81. The maximum Gasteiger partial charge on any atom is 0.250 e. The molecule has 0 bridgehead atoms. The predicted molar refractivity (Wildman–Crippen MR) is 79.5 cm³/mol. The van der Waals surface area contributed by atoms with E-state index in [4.69, 9.17) is 4.74 Å². The van der Waals surface area contributed by atoms with E-state index in [0.717, 1.165) is 18.5 Å². The molecule has 0 fully saturated rings. The van der Waals surface area contributed by atoms with Crippen molar-refractivity contribution in [2.45, 2.75) is 53.1 Å². The molecule has 1 amide bonds. The molecule has 0 aromatic heterocycles. The Hall–Kier alpha value is -1.35. The summed E-state index contributed by atoms with van der Waals surface area (Å²) >= 11 is 0. The molecular weight excluding hydrogens is 238 g/mol. The van der Waals surface area contributed by atoms with E-state index in [-0.39, 0.29) is 18.1 Å². The quantitative estimate of drug-likeness (QED) is 0.882. The molecule has 1 rings (SSSR count). The average Bonchev–Trinajstić information content (AvgIpc) is 2.35. The molecule has 0 aliphatic heterocycles. The highest BCUT2D eigenvalue weighted by Gasteiger charge is 2.14. The summed E-state index contributed by atoms with van der Waals surface area (Å²) in [4.78, 5) is 12.0. The molecule has 1 N–H and O–H groups in total. The Morgan fingerprint density at radius 1 is 1.16 bits per heavy atom. The van der Waals surface area contributed by atoms with Crippen LogP contribution in [0, 0.1) is 0 Å². The zero-order chi connectivity index (χ0) is 14.5. The molecule has 3 heteroatoms.